The van der Waals surface area contributed by atoms with Gasteiger partial charge in [-0.15, -0.1) is 11.3 Å². The van der Waals surface area contributed by atoms with Crippen LogP contribution in [0, 0.1) is 0 Å². The van der Waals surface area contributed by atoms with Crippen LogP contribution in [-0.2, 0) is 14.6 Å². The van der Waals surface area contributed by atoms with Gasteiger partial charge in [0.15, 0.2) is 9.84 Å². The quantitative estimate of drug-likeness (QED) is 0.672. The van der Waals surface area contributed by atoms with E-state index in [1.807, 2.05) is 0 Å². The van der Waals surface area contributed by atoms with E-state index in [4.69, 9.17) is 5.11 Å². The van der Waals surface area contributed by atoms with Crippen LogP contribution in [0.25, 0.3) is 0 Å². The van der Waals surface area contributed by atoms with Crippen molar-refractivity contribution in [3.05, 3.63) is 17.0 Å². The van der Waals surface area contributed by atoms with Crippen LogP contribution in [0.5, 0.6) is 0 Å². The van der Waals surface area contributed by atoms with Crippen molar-refractivity contribution in [2.75, 3.05) is 12.8 Å². The summed E-state index contributed by atoms with van der Waals surface area (Å²) < 4.78 is 22.8. The van der Waals surface area contributed by atoms with E-state index in [9.17, 15) is 18.0 Å². The fourth-order valence-corrected chi connectivity index (χ4v) is 3.49. The van der Waals surface area contributed by atoms with Crippen molar-refractivity contribution in [2.45, 2.75) is 36.3 Å². The Kier molecular flexibility index (Phi) is 6.83. The highest BCUT2D eigenvalue weighted by Gasteiger charge is 2.14. The van der Waals surface area contributed by atoms with Gasteiger partial charge in [0.1, 0.15) is 4.21 Å². The van der Waals surface area contributed by atoms with Gasteiger partial charge in [0.2, 0.25) is 0 Å². The Hall–Kier alpha value is -1.41. The number of unbranched alkanes of at least 4 members (excludes halogenated alkanes) is 3. The van der Waals surface area contributed by atoms with E-state index in [1.165, 1.54) is 11.4 Å². The third-order valence-corrected chi connectivity index (χ3v) is 5.57. The Bertz CT molecular complexity index is 591. The van der Waals surface area contributed by atoms with E-state index in [1.54, 1.807) is 0 Å². The summed E-state index contributed by atoms with van der Waals surface area (Å²) in [6.45, 7) is 0.496. The summed E-state index contributed by atoms with van der Waals surface area (Å²) >= 11 is 1.03. The lowest BCUT2D eigenvalue weighted by atomic mass is 10.1. The Morgan fingerprint density at radius 3 is 2.48 bits per heavy atom. The minimum Gasteiger partial charge on any atom is -0.481 e. The number of carboxylic acids is 1. The van der Waals surface area contributed by atoms with Crippen LogP contribution in [0.1, 0.15) is 42.5 Å². The first-order valence-corrected chi connectivity index (χ1v) is 9.36. The topological polar surface area (TPSA) is 101 Å². The van der Waals surface area contributed by atoms with E-state index in [2.05, 4.69) is 5.32 Å². The molecule has 0 radical (unpaired) electrons. The van der Waals surface area contributed by atoms with Crippen molar-refractivity contribution in [2.24, 2.45) is 0 Å². The molecule has 1 rings (SSSR count). The number of rotatable bonds is 9. The van der Waals surface area contributed by atoms with Gasteiger partial charge in [-0.25, -0.2) is 8.42 Å². The van der Waals surface area contributed by atoms with Gasteiger partial charge < -0.3 is 10.4 Å². The number of thiophene rings is 1. The molecule has 0 unspecified atom stereocenters. The number of hydrogen-bond acceptors (Lipinski definition) is 5. The van der Waals surface area contributed by atoms with Gasteiger partial charge in [0.05, 0.1) is 5.56 Å². The molecule has 0 aliphatic heterocycles. The SMILES string of the molecule is CS(=O)(=O)c1cc(C(=O)NCCCCCCC(=O)O)cs1. The van der Waals surface area contributed by atoms with Gasteiger partial charge in [-0.1, -0.05) is 12.8 Å². The van der Waals surface area contributed by atoms with E-state index in [0.29, 0.717) is 18.5 Å². The molecule has 118 valence electrons. The molecule has 1 heterocycles. The van der Waals surface area contributed by atoms with Gasteiger partial charge in [-0.05, 0) is 18.9 Å². The third-order valence-electron chi connectivity index (χ3n) is 2.81. The molecular weight excluding hydrogens is 314 g/mol. The van der Waals surface area contributed by atoms with Gasteiger partial charge in [-0.2, -0.15) is 0 Å². The molecule has 1 aromatic rings. The lowest BCUT2D eigenvalue weighted by Gasteiger charge is -2.03. The molecule has 0 aliphatic rings. The fourth-order valence-electron chi connectivity index (χ4n) is 1.69. The maximum absolute atomic E-state index is 11.8. The van der Waals surface area contributed by atoms with Crippen LogP contribution >= 0.6 is 11.3 Å². The van der Waals surface area contributed by atoms with Gasteiger partial charge >= 0.3 is 5.97 Å². The number of sulfone groups is 1. The molecule has 8 heteroatoms. The molecule has 1 aromatic heterocycles. The lowest BCUT2D eigenvalue weighted by Crippen LogP contribution is -2.23. The number of carboxylic acid groups (broad SMARTS) is 1. The lowest BCUT2D eigenvalue weighted by molar-refractivity contribution is -0.137. The summed E-state index contributed by atoms with van der Waals surface area (Å²) in [4.78, 5) is 22.1. The second-order valence-corrected chi connectivity index (χ2v) is 7.89. The molecular formula is C13H19NO5S2. The average Bonchev–Trinajstić information content (AvgIpc) is 2.86. The first-order valence-electron chi connectivity index (χ1n) is 6.59. The molecule has 6 nitrogen and oxygen atoms in total. The second-order valence-electron chi connectivity index (χ2n) is 4.74. The van der Waals surface area contributed by atoms with Crippen LogP contribution in [-0.4, -0.2) is 38.2 Å². The number of carbonyl (C=O) groups excluding carboxylic acids is 1. The van der Waals surface area contributed by atoms with Crippen molar-refractivity contribution < 1.29 is 23.1 Å². The number of amides is 1. The second kappa shape index (κ2) is 8.14. The van der Waals surface area contributed by atoms with Crippen LogP contribution in [0.15, 0.2) is 15.7 Å². The first kappa shape index (κ1) is 17.6. The maximum atomic E-state index is 11.8. The van der Waals surface area contributed by atoms with Crippen molar-refractivity contribution in [3.8, 4) is 0 Å². The summed E-state index contributed by atoms with van der Waals surface area (Å²) in [5.41, 5.74) is 0.353. The van der Waals surface area contributed by atoms with Gasteiger partial charge in [0.25, 0.3) is 5.91 Å². The zero-order chi connectivity index (χ0) is 15.9. The van der Waals surface area contributed by atoms with Crippen LogP contribution in [0.2, 0.25) is 0 Å². The minimum atomic E-state index is -3.27. The van der Waals surface area contributed by atoms with Crippen molar-refractivity contribution in [3.63, 3.8) is 0 Å². The van der Waals surface area contributed by atoms with E-state index < -0.39 is 15.8 Å². The molecule has 0 saturated heterocycles. The van der Waals surface area contributed by atoms with Gasteiger partial charge in [-0.3, -0.25) is 9.59 Å². The Morgan fingerprint density at radius 1 is 1.24 bits per heavy atom. The highest BCUT2D eigenvalue weighted by atomic mass is 32.2. The van der Waals surface area contributed by atoms with Gasteiger partial charge in [0, 0.05) is 24.6 Å². The normalized spacial score (nSPS) is 11.3. The predicted molar refractivity (Wildman–Crippen MR) is 80.5 cm³/mol. The Labute approximate surface area is 128 Å². The third kappa shape index (κ3) is 6.72. The fraction of sp³-hybridized carbons (Fsp3) is 0.538. The monoisotopic (exact) mass is 333 g/mol. The zero-order valence-electron chi connectivity index (χ0n) is 11.8. The number of hydrogen-bond donors (Lipinski definition) is 2. The maximum Gasteiger partial charge on any atom is 0.303 e. The summed E-state index contributed by atoms with van der Waals surface area (Å²) in [5.74, 6) is -1.07. The molecule has 2 N–H and O–H groups in total. The van der Waals surface area contributed by atoms with Crippen molar-refractivity contribution in [1.29, 1.82) is 0 Å². The number of aliphatic carboxylic acids is 1. The van der Waals surface area contributed by atoms with Crippen molar-refractivity contribution >= 4 is 33.1 Å². The summed E-state index contributed by atoms with van der Waals surface area (Å²) in [6, 6.07) is 1.38. The molecule has 0 aliphatic carbocycles. The zero-order valence-corrected chi connectivity index (χ0v) is 13.4. The smallest absolute Gasteiger partial charge is 0.303 e. The molecule has 0 aromatic carbocycles. The summed E-state index contributed by atoms with van der Waals surface area (Å²) in [6.07, 6.45) is 4.37. The van der Waals surface area contributed by atoms with E-state index in [0.717, 1.165) is 36.9 Å². The van der Waals surface area contributed by atoms with Crippen LogP contribution in [0.3, 0.4) is 0 Å². The molecule has 0 saturated carbocycles. The summed E-state index contributed by atoms with van der Waals surface area (Å²) in [5, 5.41) is 12.7. The molecule has 0 fully saturated rings. The highest BCUT2D eigenvalue weighted by molar-refractivity contribution is 7.92. The summed E-state index contributed by atoms with van der Waals surface area (Å²) in [7, 11) is -3.27. The average molecular weight is 333 g/mol. The van der Waals surface area contributed by atoms with Crippen LogP contribution in [0.4, 0.5) is 0 Å². The van der Waals surface area contributed by atoms with Crippen molar-refractivity contribution in [1.82, 2.24) is 5.32 Å². The molecule has 0 spiro atoms. The van der Waals surface area contributed by atoms with E-state index >= 15 is 0 Å². The standard InChI is InChI=1S/C13H19NO5S2/c1-21(18,19)12-8-10(9-20-12)13(17)14-7-5-3-2-4-6-11(15)16/h8-9H,2-7H2,1H3,(H,14,17)(H,15,16). The van der Waals surface area contributed by atoms with Crippen LogP contribution < -0.4 is 5.32 Å². The largest absolute Gasteiger partial charge is 0.481 e. The molecule has 0 atom stereocenters. The first-order chi connectivity index (χ1) is 9.80. The Morgan fingerprint density at radius 2 is 1.90 bits per heavy atom. The number of carbonyl (C=O) groups is 2. The molecule has 0 bridgehead atoms. The molecule has 1 amide bonds. The molecule has 21 heavy (non-hydrogen) atoms. The van der Waals surface area contributed by atoms with E-state index in [-0.39, 0.29) is 16.5 Å². The minimum absolute atomic E-state index is 0.176. The predicted octanol–water partition coefficient (Wildman–Crippen LogP) is 1.92. The Balaban J connectivity index is 2.25. The number of nitrogens with one attached hydrogen (secondary N) is 1. The highest BCUT2D eigenvalue weighted by Crippen LogP contribution is 2.19.